The van der Waals surface area contributed by atoms with Crippen molar-refractivity contribution in [2.45, 2.75) is 18.6 Å². The van der Waals surface area contributed by atoms with Crippen LogP contribution in [-0.4, -0.2) is 40.3 Å². The first-order valence-corrected chi connectivity index (χ1v) is 5.40. The fourth-order valence-corrected chi connectivity index (χ4v) is 3.58. The standard InChI is InChI=1S/C10H13FN2O5.ClH/c11-3-1-2-4(8(15)16)10(2,5(3)9(17)18)6(12)7(13)14;/h2-6H,1,12H2,(H2,13,14)(H,15,16)(H,17,18);1H/t2-,3+,4-,5?,6-,10+;/m1./s1. The van der Waals surface area contributed by atoms with Gasteiger partial charge in [0.25, 0.3) is 0 Å². The van der Waals surface area contributed by atoms with Crippen LogP contribution < -0.4 is 11.5 Å². The number of hydrogen-bond acceptors (Lipinski definition) is 4. The number of primary amides is 1. The smallest absolute Gasteiger partial charge is 0.310 e. The molecule has 6 N–H and O–H groups in total. The van der Waals surface area contributed by atoms with E-state index in [1.165, 1.54) is 0 Å². The molecule has 2 aliphatic rings. The number of nitrogens with two attached hydrogens (primary N) is 2. The van der Waals surface area contributed by atoms with Crippen LogP contribution in [0.4, 0.5) is 4.39 Å². The van der Waals surface area contributed by atoms with E-state index in [4.69, 9.17) is 21.7 Å². The van der Waals surface area contributed by atoms with Crippen molar-refractivity contribution in [3.63, 3.8) is 0 Å². The fourth-order valence-electron chi connectivity index (χ4n) is 3.58. The Balaban J connectivity index is 0.00000180. The molecule has 0 heterocycles. The minimum atomic E-state index is -1.70. The monoisotopic (exact) mass is 296 g/mol. The highest BCUT2D eigenvalue weighted by Crippen LogP contribution is 2.72. The Labute approximate surface area is 113 Å². The maximum Gasteiger partial charge on any atom is 0.310 e. The average molecular weight is 297 g/mol. The average Bonchev–Trinajstić information content (AvgIpc) is 2.76. The third kappa shape index (κ3) is 1.78. The second-order valence-corrected chi connectivity index (χ2v) is 4.87. The second kappa shape index (κ2) is 4.61. The Hall–Kier alpha value is -1.41. The lowest BCUT2D eigenvalue weighted by Gasteiger charge is -2.26. The van der Waals surface area contributed by atoms with Gasteiger partial charge in [0.15, 0.2) is 0 Å². The molecule has 2 aliphatic carbocycles. The number of fused-ring (bicyclic) bond motifs is 1. The Kier molecular flexibility index (Phi) is 3.79. The highest BCUT2D eigenvalue weighted by atomic mass is 35.5. The normalized spacial score (nSPS) is 40.7. The molecule has 19 heavy (non-hydrogen) atoms. The molecule has 0 saturated heterocycles. The van der Waals surface area contributed by atoms with Gasteiger partial charge in [-0.2, -0.15) is 0 Å². The summed E-state index contributed by atoms with van der Waals surface area (Å²) in [7, 11) is 0. The molecule has 1 unspecified atom stereocenters. The van der Waals surface area contributed by atoms with Gasteiger partial charge in [0.05, 0.1) is 17.9 Å². The molecular weight excluding hydrogens is 283 g/mol. The lowest BCUT2D eigenvalue weighted by atomic mass is 9.80. The van der Waals surface area contributed by atoms with Gasteiger partial charge >= 0.3 is 11.9 Å². The van der Waals surface area contributed by atoms with Crippen molar-refractivity contribution in [3.8, 4) is 0 Å². The quantitative estimate of drug-likeness (QED) is 0.523. The summed E-state index contributed by atoms with van der Waals surface area (Å²) in [5.41, 5.74) is 8.99. The molecule has 2 saturated carbocycles. The molecule has 0 spiro atoms. The minimum absolute atomic E-state index is 0. The zero-order valence-electron chi connectivity index (χ0n) is 9.65. The molecule has 7 nitrogen and oxygen atoms in total. The molecule has 9 heteroatoms. The van der Waals surface area contributed by atoms with Crippen molar-refractivity contribution >= 4 is 30.3 Å². The zero-order chi connectivity index (χ0) is 13.8. The van der Waals surface area contributed by atoms with E-state index in [0.717, 1.165) is 0 Å². The van der Waals surface area contributed by atoms with Crippen LogP contribution in [-0.2, 0) is 14.4 Å². The lowest BCUT2D eigenvalue weighted by Crippen LogP contribution is -2.51. The molecule has 2 fully saturated rings. The van der Waals surface area contributed by atoms with Crippen LogP contribution in [0.15, 0.2) is 0 Å². The van der Waals surface area contributed by atoms with Crippen LogP contribution in [0, 0.1) is 23.2 Å². The number of hydrogen-bond donors (Lipinski definition) is 4. The summed E-state index contributed by atoms with van der Waals surface area (Å²) in [5.74, 6) is -7.21. The number of carboxylic acids is 2. The van der Waals surface area contributed by atoms with E-state index >= 15 is 0 Å². The van der Waals surface area contributed by atoms with Crippen molar-refractivity contribution in [2.75, 3.05) is 0 Å². The first-order valence-electron chi connectivity index (χ1n) is 5.40. The Morgan fingerprint density at radius 3 is 2.05 bits per heavy atom. The number of amides is 1. The number of carboxylic acid groups (broad SMARTS) is 2. The summed E-state index contributed by atoms with van der Waals surface area (Å²) in [4.78, 5) is 33.3. The predicted molar refractivity (Wildman–Crippen MR) is 62.1 cm³/mol. The number of alkyl halides is 1. The van der Waals surface area contributed by atoms with E-state index in [1.54, 1.807) is 0 Å². The predicted octanol–water partition coefficient (Wildman–Crippen LogP) is -1.02. The van der Waals surface area contributed by atoms with Gasteiger partial charge in [-0.05, 0) is 12.3 Å². The van der Waals surface area contributed by atoms with Crippen LogP contribution in [0.5, 0.6) is 0 Å². The summed E-state index contributed by atoms with van der Waals surface area (Å²) in [5, 5.41) is 18.1. The van der Waals surface area contributed by atoms with Crippen LogP contribution in [0.1, 0.15) is 6.42 Å². The van der Waals surface area contributed by atoms with Crippen molar-refractivity contribution in [1.82, 2.24) is 0 Å². The van der Waals surface area contributed by atoms with Crippen molar-refractivity contribution in [1.29, 1.82) is 0 Å². The summed E-state index contributed by atoms with van der Waals surface area (Å²) in [6.45, 7) is 0. The van der Waals surface area contributed by atoms with Crippen molar-refractivity contribution in [2.24, 2.45) is 34.6 Å². The summed E-state index contributed by atoms with van der Waals surface area (Å²) in [6.07, 6.45) is -1.91. The van der Waals surface area contributed by atoms with E-state index in [1.807, 2.05) is 0 Å². The Morgan fingerprint density at radius 2 is 1.68 bits per heavy atom. The number of rotatable bonds is 4. The third-order valence-electron chi connectivity index (χ3n) is 4.23. The zero-order valence-corrected chi connectivity index (χ0v) is 10.5. The number of halogens is 2. The van der Waals surface area contributed by atoms with Crippen molar-refractivity contribution in [3.05, 3.63) is 0 Å². The van der Waals surface area contributed by atoms with Crippen LogP contribution in [0.3, 0.4) is 0 Å². The topological polar surface area (TPSA) is 144 Å². The summed E-state index contributed by atoms with van der Waals surface area (Å²) < 4.78 is 13.6. The molecule has 0 bridgehead atoms. The van der Waals surface area contributed by atoms with Crippen molar-refractivity contribution < 1.29 is 29.0 Å². The van der Waals surface area contributed by atoms with Gasteiger partial charge in [-0.3, -0.25) is 14.4 Å². The molecule has 108 valence electrons. The maximum absolute atomic E-state index is 13.6. The van der Waals surface area contributed by atoms with Gasteiger partial charge in [0.2, 0.25) is 5.91 Å². The van der Waals surface area contributed by atoms with E-state index in [-0.39, 0.29) is 18.8 Å². The SMILES string of the molecule is Cl.NC(=O)[C@@H](N)[C@@]12C(C(=O)O)[C@@H](F)C[C@@H]1[C@@H]2C(=O)O. The summed E-state index contributed by atoms with van der Waals surface area (Å²) in [6, 6.07) is -1.47. The van der Waals surface area contributed by atoms with Gasteiger partial charge in [0.1, 0.15) is 6.17 Å². The van der Waals surface area contributed by atoms with Gasteiger partial charge in [-0.25, -0.2) is 4.39 Å². The highest BCUT2D eigenvalue weighted by Gasteiger charge is 2.81. The third-order valence-corrected chi connectivity index (χ3v) is 4.23. The van der Waals surface area contributed by atoms with Gasteiger partial charge in [-0.15, -0.1) is 12.4 Å². The molecule has 0 aromatic carbocycles. The molecule has 2 rings (SSSR count). The lowest BCUT2D eigenvalue weighted by molar-refractivity contribution is -0.149. The number of aliphatic carboxylic acids is 2. The molecular formula is C10H14ClFN2O5. The van der Waals surface area contributed by atoms with E-state index in [0.29, 0.717) is 0 Å². The fraction of sp³-hybridized carbons (Fsp3) is 0.700. The molecule has 1 amide bonds. The first-order chi connectivity index (χ1) is 8.26. The molecule has 0 aromatic rings. The second-order valence-electron chi connectivity index (χ2n) is 4.87. The minimum Gasteiger partial charge on any atom is -0.481 e. The van der Waals surface area contributed by atoms with Crippen LogP contribution in [0.25, 0.3) is 0 Å². The molecule has 0 aliphatic heterocycles. The molecule has 0 aromatic heterocycles. The molecule has 0 radical (unpaired) electrons. The Morgan fingerprint density at radius 1 is 1.21 bits per heavy atom. The summed E-state index contributed by atoms with van der Waals surface area (Å²) >= 11 is 0. The maximum atomic E-state index is 13.6. The molecule has 6 atom stereocenters. The van der Waals surface area contributed by atoms with Gasteiger partial charge < -0.3 is 21.7 Å². The number of carbonyl (C=O) groups is 3. The highest BCUT2D eigenvalue weighted by molar-refractivity contribution is 5.89. The van der Waals surface area contributed by atoms with Gasteiger partial charge in [-0.1, -0.05) is 0 Å². The Bertz CT molecular complexity index is 430. The van der Waals surface area contributed by atoms with E-state index in [2.05, 4.69) is 0 Å². The van der Waals surface area contributed by atoms with Crippen LogP contribution in [0.2, 0.25) is 0 Å². The van der Waals surface area contributed by atoms with E-state index in [9.17, 15) is 18.8 Å². The van der Waals surface area contributed by atoms with Crippen LogP contribution >= 0.6 is 12.4 Å². The largest absolute Gasteiger partial charge is 0.481 e. The van der Waals surface area contributed by atoms with E-state index < -0.39 is 53.2 Å². The van der Waals surface area contributed by atoms with Gasteiger partial charge in [0, 0.05) is 5.41 Å². The number of carbonyl (C=O) groups excluding carboxylic acids is 1. The first kappa shape index (κ1) is 15.6.